The van der Waals surface area contributed by atoms with Gasteiger partial charge >= 0.3 is 0 Å². The summed E-state index contributed by atoms with van der Waals surface area (Å²) in [6.07, 6.45) is 1.08. The second-order valence-electron chi connectivity index (χ2n) is 8.26. The fourth-order valence-corrected chi connectivity index (χ4v) is 4.13. The predicted molar refractivity (Wildman–Crippen MR) is 118 cm³/mol. The van der Waals surface area contributed by atoms with Crippen LogP contribution in [0.3, 0.4) is 0 Å². The molecule has 2 heterocycles. The van der Waals surface area contributed by atoms with Gasteiger partial charge in [0.25, 0.3) is 0 Å². The van der Waals surface area contributed by atoms with Gasteiger partial charge < -0.3 is 15.2 Å². The zero-order chi connectivity index (χ0) is 21.3. The molecular formula is C24H28N4O2. The topological polar surface area (TPSA) is 78.1 Å². The standard InChI is InChI=1S/C24H28N4O2/c1-4-16-9-5-8-12-20(16)28-14-17(13-21(28)29)24(30)27-22(15(2)3)23-25-18-10-6-7-11-19(18)26-23/h5-12,15,17,22H,4,13-14H2,1-3H3,(H,25,26)(H,27,30)/t17-,22-/m0/s1. The van der Waals surface area contributed by atoms with Gasteiger partial charge in [0.05, 0.1) is 23.0 Å². The highest BCUT2D eigenvalue weighted by atomic mass is 16.2. The Morgan fingerprint density at radius 2 is 1.93 bits per heavy atom. The molecule has 2 atom stereocenters. The molecule has 2 amide bonds. The lowest BCUT2D eigenvalue weighted by atomic mass is 10.0. The second-order valence-corrected chi connectivity index (χ2v) is 8.26. The largest absolute Gasteiger partial charge is 0.346 e. The normalized spacial score (nSPS) is 17.7. The van der Waals surface area contributed by atoms with Crippen LogP contribution in [0.4, 0.5) is 5.69 Å². The third-order valence-electron chi connectivity index (χ3n) is 5.83. The number of para-hydroxylation sites is 3. The summed E-state index contributed by atoms with van der Waals surface area (Å²) in [5.41, 5.74) is 3.86. The first-order valence-corrected chi connectivity index (χ1v) is 10.6. The van der Waals surface area contributed by atoms with Crippen molar-refractivity contribution in [3.63, 3.8) is 0 Å². The van der Waals surface area contributed by atoms with E-state index in [9.17, 15) is 9.59 Å². The van der Waals surface area contributed by atoms with E-state index in [0.29, 0.717) is 6.54 Å². The number of anilines is 1. The van der Waals surface area contributed by atoms with Gasteiger partial charge in [0.15, 0.2) is 0 Å². The number of fused-ring (bicyclic) bond motifs is 1. The first-order chi connectivity index (χ1) is 14.5. The molecule has 0 unspecified atom stereocenters. The summed E-state index contributed by atoms with van der Waals surface area (Å²) in [4.78, 5) is 35.5. The lowest BCUT2D eigenvalue weighted by Crippen LogP contribution is -2.38. The molecule has 0 saturated carbocycles. The molecule has 0 radical (unpaired) electrons. The Kier molecular flexibility index (Phi) is 5.57. The summed E-state index contributed by atoms with van der Waals surface area (Å²) in [5.74, 6) is 0.438. The van der Waals surface area contributed by atoms with Gasteiger partial charge in [-0.3, -0.25) is 9.59 Å². The number of carbonyl (C=O) groups is 2. The first-order valence-electron chi connectivity index (χ1n) is 10.6. The Bertz CT molecular complexity index is 1040. The molecule has 4 rings (SSSR count). The van der Waals surface area contributed by atoms with Gasteiger partial charge in [-0.25, -0.2) is 4.98 Å². The molecule has 156 valence electrons. The van der Waals surface area contributed by atoms with E-state index in [1.165, 1.54) is 0 Å². The van der Waals surface area contributed by atoms with Crippen LogP contribution in [0.1, 0.15) is 44.6 Å². The van der Waals surface area contributed by atoms with Crippen molar-refractivity contribution in [3.8, 4) is 0 Å². The van der Waals surface area contributed by atoms with E-state index >= 15 is 0 Å². The van der Waals surface area contributed by atoms with Crippen molar-refractivity contribution in [3.05, 3.63) is 59.9 Å². The van der Waals surface area contributed by atoms with Crippen LogP contribution in [0.2, 0.25) is 0 Å². The van der Waals surface area contributed by atoms with Crippen LogP contribution in [-0.2, 0) is 16.0 Å². The number of nitrogens with one attached hydrogen (secondary N) is 2. The van der Waals surface area contributed by atoms with E-state index in [1.54, 1.807) is 4.90 Å². The maximum Gasteiger partial charge on any atom is 0.227 e. The van der Waals surface area contributed by atoms with Gasteiger partial charge in [-0.15, -0.1) is 0 Å². The Hall–Kier alpha value is -3.15. The molecule has 0 aliphatic carbocycles. The van der Waals surface area contributed by atoms with Crippen LogP contribution < -0.4 is 10.2 Å². The number of H-pyrrole nitrogens is 1. The molecule has 0 bridgehead atoms. The Morgan fingerprint density at radius 1 is 1.20 bits per heavy atom. The highest BCUT2D eigenvalue weighted by Crippen LogP contribution is 2.30. The number of aryl methyl sites for hydroxylation is 1. The number of carbonyl (C=O) groups excluding carboxylic acids is 2. The average Bonchev–Trinajstić information content (AvgIpc) is 3.35. The monoisotopic (exact) mass is 404 g/mol. The minimum absolute atomic E-state index is 0.000819. The summed E-state index contributed by atoms with van der Waals surface area (Å²) in [6, 6.07) is 15.5. The van der Waals surface area contributed by atoms with Crippen molar-refractivity contribution >= 4 is 28.5 Å². The van der Waals surface area contributed by atoms with Gasteiger partial charge in [-0.05, 0) is 36.1 Å². The molecule has 3 aromatic rings. The number of rotatable bonds is 6. The van der Waals surface area contributed by atoms with Crippen molar-refractivity contribution in [1.82, 2.24) is 15.3 Å². The molecule has 0 spiro atoms. The van der Waals surface area contributed by atoms with Crippen molar-refractivity contribution in [1.29, 1.82) is 0 Å². The summed E-state index contributed by atoms with van der Waals surface area (Å²) in [7, 11) is 0. The number of hydrogen-bond donors (Lipinski definition) is 2. The quantitative estimate of drug-likeness (QED) is 0.652. The molecule has 1 aromatic heterocycles. The van der Waals surface area contributed by atoms with Crippen molar-refractivity contribution < 1.29 is 9.59 Å². The fraction of sp³-hybridized carbons (Fsp3) is 0.375. The molecule has 30 heavy (non-hydrogen) atoms. The lowest BCUT2D eigenvalue weighted by molar-refractivity contribution is -0.127. The second kappa shape index (κ2) is 8.30. The number of hydrogen-bond acceptors (Lipinski definition) is 3. The van der Waals surface area contributed by atoms with Crippen LogP contribution >= 0.6 is 0 Å². The molecule has 6 heteroatoms. The zero-order valence-corrected chi connectivity index (χ0v) is 17.7. The van der Waals surface area contributed by atoms with Gasteiger partial charge in [-0.1, -0.05) is 51.1 Å². The van der Waals surface area contributed by atoms with E-state index in [0.717, 1.165) is 34.5 Å². The molecular weight excluding hydrogens is 376 g/mol. The van der Waals surface area contributed by atoms with Crippen molar-refractivity contribution in [2.75, 3.05) is 11.4 Å². The lowest BCUT2D eigenvalue weighted by Gasteiger charge is -2.23. The molecule has 1 saturated heterocycles. The van der Waals surface area contributed by atoms with Crippen molar-refractivity contribution in [2.24, 2.45) is 11.8 Å². The first kappa shape index (κ1) is 20.1. The smallest absolute Gasteiger partial charge is 0.227 e. The van der Waals surface area contributed by atoms with Crippen LogP contribution in [0, 0.1) is 11.8 Å². The molecule has 1 fully saturated rings. The van der Waals surface area contributed by atoms with Crippen LogP contribution in [0.5, 0.6) is 0 Å². The number of imidazole rings is 1. The van der Waals surface area contributed by atoms with Gasteiger partial charge in [0.2, 0.25) is 11.8 Å². The van der Waals surface area contributed by atoms with E-state index in [-0.39, 0.29) is 36.1 Å². The maximum atomic E-state index is 13.1. The number of aromatic amines is 1. The number of benzene rings is 2. The number of aromatic nitrogens is 2. The van der Waals surface area contributed by atoms with Gasteiger partial charge in [0.1, 0.15) is 5.82 Å². The molecule has 2 aromatic carbocycles. The SMILES string of the molecule is CCc1ccccc1N1C[C@@H](C(=O)N[C@H](c2nc3ccccc3[nH]2)C(C)C)CC1=O. The Morgan fingerprint density at radius 3 is 2.67 bits per heavy atom. The zero-order valence-electron chi connectivity index (χ0n) is 17.7. The highest BCUT2D eigenvalue weighted by molar-refractivity contribution is 6.00. The molecule has 1 aliphatic rings. The Labute approximate surface area is 176 Å². The summed E-state index contributed by atoms with van der Waals surface area (Å²) >= 11 is 0. The minimum atomic E-state index is -0.368. The predicted octanol–water partition coefficient (Wildman–Crippen LogP) is 3.99. The van der Waals surface area contributed by atoms with E-state index in [2.05, 4.69) is 36.1 Å². The molecule has 2 N–H and O–H groups in total. The van der Waals surface area contributed by atoms with Gasteiger partial charge in [-0.2, -0.15) is 0 Å². The molecule has 1 aliphatic heterocycles. The molecule has 6 nitrogen and oxygen atoms in total. The summed E-state index contributed by atoms with van der Waals surface area (Å²) < 4.78 is 0. The van der Waals surface area contributed by atoms with E-state index in [1.807, 2.05) is 48.5 Å². The third kappa shape index (κ3) is 3.82. The van der Waals surface area contributed by atoms with Crippen LogP contribution in [-0.4, -0.2) is 28.3 Å². The summed E-state index contributed by atoms with van der Waals surface area (Å²) in [6.45, 7) is 6.60. The van der Waals surface area contributed by atoms with Crippen molar-refractivity contribution in [2.45, 2.75) is 39.7 Å². The number of nitrogens with zero attached hydrogens (tertiary/aromatic N) is 2. The van der Waals surface area contributed by atoms with E-state index in [4.69, 9.17) is 0 Å². The third-order valence-corrected chi connectivity index (χ3v) is 5.83. The fourth-order valence-electron chi connectivity index (χ4n) is 4.13. The average molecular weight is 405 g/mol. The van der Waals surface area contributed by atoms with Gasteiger partial charge in [0, 0.05) is 18.7 Å². The van der Waals surface area contributed by atoms with E-state index < -0.39 is 0 Å². The summed E-state index contributed by atoms with van der Waals surface area (Å²) in [5, 5.41) is 3.15. The number of amides is 2. The van der Waals surface area contributed by atoms with Crippen LogP contribution in [0.15, 0.2) is 48.5 Å². The minimum Gasteiger partial charge on any atom is -0.346 e. The maximum absolute atomic E-state index is 13.1. The van der Waals surface area contributed by atoms with Crippen LogP contribution in [0.25, 0.3) is 11.0 Å². The highest BCUT2D eigenvalue weighted by Gasteiger charge is 2.37. The Balaban J connectivity index is 1.51.